The fourth-order valence-electron chi connectivity index (χ4n) is 3.54. The number of thiazole rings is 1. The maximum absolute atomic E-state index is 12.9. The van der Waals surface area contributed by atoms with Gasteiger partial charge in [-0.2, -0.15) is 0 Å². The highest BCUT2D eigenvalue weighted by Gasteiger charge is 2.32. The monoisotopic (exact) mass is 359 g/mol. The summed E-state index contributed by atoms with van der Waals surface area (Å²) in [5.41, 5.74) is 6.84. The van der Waals surface area contributed by atoms with Crippen LogP contribution >= 0.6 is 11.3 Å². The quantitative estimate of drug-likeness (QED) is 0.912. The predicted molar refractivity (Wildman–Crippen MR) is 95.9 cm³/mol. The van der Waals surface area contributed by atoms with Gasteiger partial charge in [0.2, 0.25) is 6.79 Å². The molecule has 7 heteroatoms. The third-order valence-electron chi connectivity index (χ3n) is 4.95. The van der Waals surface area contributed by atoms with Crippen LogP contribution in [0.15, 0.2) is 24.4 Å². The van der Waals surface area contributed by atoms with E-state index < -0.39 is 0 Å². The van der Waals surface area contributed by atoms with Gasteiger partial charge in [-0.05, 0) is 37.0 Å². The van der Waals surface area contributed by atoms with Crippen LogP contribution in [0, 0.1) is 5.92 Å². The molecule has 1 amide bonds. The second-order valence-electron chi connectivity index (χ2n) is 6.52. The van der Waals surface area contributed by atoms with Crippen LogP contribution < -0.4 is 15.2 Å². The minimum atomic E-state index is 0.0338. The lowest BCUT2D eigenvalue weighted by molar-refractivity contribution is 0.0537. The number of benzene rings is 1. The number of rotatable bonds is 3. The van der Waals surface area contributed by atoms with E-state index in [0.717, 1.165) is 35.7 Å². The number of carbonyl (C=O) groups excluding carboxylic acids is 1. The fourth-order valence-corrected chi connectivity index (χ4v) is 4.41. The summed E-state index contributed by atoms with van der Waals surface area (Å²) in [6, 6.07) is 5.82. The number of amides is 1. The Labute approximate surface area is 150 Å². The Morgan fingerprint density at radius 2 is 2.24 bits per heavy atom. The summed E-state index contributed by atoms with van der Waals surface area (Å²) >= 11 is 1.41. The van der Waals surface area contributed by atoms with Crippen molar-refractivity contribution in [2.75, 3.05) is 19.9 Å². The van der Waals surface area contributed by atoms with Crippen LogP contribution in [-0.2, 0) is 0 Å². The molecule has 132 valence electrons. The molecule has 25 heavy (non-hydrogen) atoms. The molecule has 0 unspecified atom stereocenters. The van der Waals surface area contributed by atoms with E-state index in [1.54, 1.807) is 6.20 Å². The predicted octanol–water partition coefficient (Wildman–Crippen LogP) is 2.74. The van der Waals surface area contributed by atoms with E-state index in [1.165, 1.54) is 11.3 Å². The molecule has 2 atom stereocenters. The third kappa shape index (κ3) is 2.98. The third-order valence-corrected chi connectivity index (χ3v) is 5.99. The van der Waals surface area contributed by atoms with E-state index in [1.807, 2.05) is 23.1 Å². The van der Waals surface area contributed by atoms with Gasteiger partial charge >= 0.3 is 0 Å². The van der Waals surface area contributed by atoms with Crippen molar-refractivity contribution < 1.29 is 14.3 Å². The van der Waals surface area contributed by atoms with Crippen molar-refractivity contribution in [1.29, 1.82) is 0 Å². The Morgan fingerprint density at radius 1 is 1.40 bits per heavy atom. The molecule has 6 nitrogen and oxygen atoms in total. The Hall–Kier alpha value is -2.12. The smallest absolute Gasteiger partial charge is 0.265 e. The van der Waals surface area contributed by atoms with Crippen LogP contribution in [0.3, 0.4) is 0 Å². The van der Waals surface area contributed by atoms with Gasteiger partial charge in [0.25, 0.3) is 5.91 Å². The molecule has 2 aliphatic rings. The highest BCUT2D eigenvalue weighted by Crippen LogP contribution is 2.37. The minimum Gasteiger partial charge on any atom is -0.454 e. The zero-order valence-corrected chi connectivity index (χ0v) is 14.9. The van der Waals surface area contributed by atoms with Crippen LogP contribution in [0.25, 0.3) is 10.6 Å². The molecular formula is C18H21N3O3S. The van der Waals surface area contributed by atoms with E-state index >= 15 is 0 Å². The van der Waals surface area contributed by atoms with Crippen molar-refractivity contribution in [3.63, 3.8) is 0 Å². The summed E-state index contributed by atoms with van der Waals surface area (Å²) in [5, 5.41) is 0.802. The number of carbonyl (C=O) groups is 1. The van der Waals surface area contributed by atoms with Crippen LogP contribution in [-0.4, -0.2) is 41.7 Å². The van der Waals surface area contributed by atoms with Gasteiger partial charge in [0.1, 0.15) is 9.88 Å². The topological polar surface area (TPSA) is 77.7 Å². The highest BCUT2D eigenvalue weighted by atomic mass is 32.1. The molecule has 0 bridgehead atoms. The number of likely N-dealkylation sites (tertiary alicyclic amines) is 1. The van der Waals surface area contributed by atoms with Gasteiger partial charge < -0.3 is 20.1 Å². The highest BCUT2D eigenvalue weighted by molar-refractivity contribution is 7.16. The molecule has 1 saturated heterocycles. The van der Waals surface area contributed by atoms with E-state index in [9.17, 15) is 4.79 Å². The molecule has 0 saturated carbocycles. The maximum Gasteiger partial charge on any atom is 0.265 e. The molecule has 2 aliphatic heterocycles. The van der Waals surface area contributed by atoms with Crippen molar-refractivity contribution in [2.24, 2.45) is 11.7 Å². The summed E-state index contributed by atoms with van der Waals surface area (Å²) in [6.45, 7) is 3.68. The maximum atomic E-state index is 12.9. The fraction of sp³-hybridized carbons (Fsp3) is 0.444. The second-order valence-corrected chi connectivity index (χ2v) is 7.55. The van der Waals surface area contributed by atoms with Crippen molar-refractivity contribution in [1.82, 2.24) is 9.88 Å². The molecule has 3 heterocycles. The Bertz CT molecular complexity index is 792. The molecule has 2 N–H and O–H groups in total. The van der Waals surface area contributed by atoms with Crippen LogP contribution in [0.4, 0.5) is 0 Å². The first-order valence-electron chi connectivity index (χ1n) is 8.54. The molecule has 4 rings (SSSR count). The molecule has 1 aromatic carbocycles. The lowest BCUT2D eigenvalue weighted by atomic mass is 9.90. The Kier molecular flexibility index (Phi) is 4.35. The average Bonchev–Trinajstić information content (AvgIpc) is 3.29. The summed E-state index contributed by atoms with van der Waals surface area (Å²) in [6.07, 6.45) is 3.81. The van der Waals surface area contributed by atoms with Gasteiger partial charge in [-0.3, -0.25) is 4.79 Å². The molecular weight excluding hydrogens is 338 g/mol. The molecule has 0 radical (unpaired) electrons. The summed E-state index contributed by atoms with van der Waals surface area (Å²) in [5.74, 6) is 1.92. The first-order chi connectivity index (χ1) is 12.2. The van der Waals surface area contributed by atoms with Crippen LogP contribution in [0.5, 0.6) is 11.5 Å². The molecule has 2 aromatic rings. The van der Waals surface area contributed by atoms with Gasteiger partial charge in [-0.1, -0.05) is 6.92 Å². The van der Waals surface area contributed by atoms with Crippen LogP contribution in [0.1, 0.15) is 29.4 Å². The summed E-state index contributed by atoms with van der Waals surface area (Å²) in [4.78, 5) is 20.0. The summed E-state index contributed by atoms with van der Waals surface area (Å²) in [7, 11) is 0. The lowest BCUT2D eigenvalue weighted by Crippen LogP contribution is -2.51. The van der Waals surface area contributed by atoms with Crippen molar-refractivity contribution in [3.05, 3.63) is 29.3 Å². The van der Waals surface area contributed by atoms with E-state index in [-0.39, 0.29) is 18.7 Å². The van der Waals surface area contributed by atoms with Gasteiger partial charge in [-0.15, -0.1) is 11.3 Å². The first-order valence-corrected chi connectivity index (χ1v) is 9.36. The number of hydrogen-bond donors (Lipinski definition) is 1. The molecule has 1 aromatic heterocycles. The van der Waals surface area contributed by atoms with E-state index in [2.05, 4.69) is 11.9 Å². The van der Waals surface area contributed by atoms with Gasteiger partial charge in [0, 0.05) is 24.7 Å². The van der Waals surface area contributed by atoms with Gasteiger partial charge in [0.15, 0.2) is 11.5 Å². The Balaban J connectivity index is 1.57. The minimum absolute atomic E-state index is 0.0338. The molecule has 0 spiro atoms. The number of ether oxygens (including phenoxy) is 2. The summed E-state index contributed by atoms with van der Waals surface area (Å²) < 4.78 is 10.8. The van der Waals surface area contributed by atoms with E-state index in [4.69, 9.17) is 15.2 Å². The zero-order valence-electron chi connectivity index (χ0n) is 14.1. The number of hydrogen-bond acceptors (Lipinski definition) is 6. The molecule has 0 aliphatic carbocycles. The van der Waals surface area contributed by atoms with Crippen molar-refractivity contribution in [2.45, 2.75) is 25.8 Å². The van der Waals surface area contributed by atoms with E-state index in [0.29, 0.717) is 23.1 Å². The first kappa shape index (κ1) is 16.4. The van der Waals surface area contributed by atoms with Gasteiger partial charge in [0.05, 0.1) is 6.20 Å². The largest absolute Gasteiger partial charge is 0.454 e. The van der Waals surface area contributed by atoms with Gasteiger partial charge in [-0.25, -0.2) is 4.98 Å². The number of fused-ring (bicyclic) bond motifs is 1. The molecule has 1 fully saturated rings. The number of piperidine rings is 1. The number of aromatic nitrogens is 1. The zero-order chi connectivity index (χ0) is 17.4. The van der Waals surface area contributed by atoms with Crippen LogP contribution in [0.2, 0.25) is 0 Å². The second kappa shape index (κ2) is 6.65. The van der Waals surface area contributed by atoms with Crippen molar-refractivity contribution in [3.8, 4) is 22.1 Å². The van der Waals surface area contributed by atoms with Crippen molar-refractivity contribution >= 4 is 17.2 Å². The number of nitrogens with two attached hydrogens (primary N) is 1. The Morgan fingerprint density at radius 3 is 3.08 bits per heavy atom. The SMILES string of the molecule is C[C@@H]1CCCN(C(=O)c2cnc(-c3ccc4c(c3)OCO4)s2)[C@H]1CN. The average molecular weight is 359 g/mol. The normalized spacial score (nSPS) is 22.2. The number of nitrogens with zero attached hydrogens (tertiary/aromatic N) is 2. The lowest BCUT2D eigenvalue weighted by Gasteiger charge is -2.39. The standard InChI is InChI=1S/C18H21N3O3S/c1-11-3-2-6-21(13(11)8-19)18(22)16-9-20-17(25-16)12-4-5-14-15(7-12)24-10-23-14/h4-5,7,9,11,13H,2-3,6,8,10,19H2,1H3/t11-,13+/m1/s1.